The van der Waals surface area contributed by atoms with Crippen LogP contribution in [-0.2, 0) is 22.9 Å². The minimum Gasteiger partial charge on any atom is -0.328 e. The average Bonchev–Trinajstić information content (AvgIpc) is 2.70. The first-order valence-electron chi connectivity index (χ1n) is 6.83. The van der Waals surface area contributed by atoms with Crippen molar-refractivity contribution in [1.29, 1.82) is 0 Å². The quantitative estimate of drug-likeness (QED) is 0.905. The summed E-state index contributed by atoms with van der Waals surface area (Å²) in [5, 5.41) is 0. The molecule has 0 unspecified atom stereocenters. The summed E-state index contributed by atoms with van der Waals surface area (Å²) in [5.41, 5.74) is 2.10. The number of hydrogen-bond donors (Lipinski definition) is 1. The van der Waals surface area contributed by atoms with Crippen LogP contribution in [0, 0.1) is 0 Å². The van der Waals surface area contributed by atoms with Crippen LogP contribution >= 0.6 is 0 Å². The number of H-pyrrole nitrogens is 1. The number of aromatic amines is 1. The van der Waals surface area contributed by atoms with Gasteiger partial charge >= 0.3 is 0 Å². The number of sulfonamides is 1. The molecule has 1 aliphatic rings. The summed E-state index contributed by atoms with van der Waals surface area (Å²) >= 11 is 0. The normalized spacial score (nSPS) is 16.2. The largest absolute Gasteiger partial charge is 0.328 e. The van der Waals surface area contributed by atoms with E-state index in [9.17, 15) is 13.2 Å². The van der Waals surface area contributed by atoms with Gasteiger partial charge in [0, 0.05) is 25.4 Å². The highest BCUT2D eigenvalue weighted by Crippen LogP contribution is 2.20. The number of nitrogens with zero attached hydrogens (tertiary/aromatic N) is 1. The second-order valence-electron chi connectivity index (χ2n) is 5.06. The van der Waals surface area contributed by atoms with E-state index in [0.29, 0.717) is 25.9 Å². The van der Waals surface area contributed by atoms with E-state index in [4.69, 9.17) is 0 Å². The Balaban J connectivity index is 1.88. The maximum atomic E-state index is 12.6. The van der Waals surface area contributed by atoms with Gasteiger partial charge in [0.15, 0.2) is 0 Å². The van der Waals surface area contributed by atoms with E-state index in [-0.39, 0.29) is 10.5 Å². The molecule has 1 N–H and O–H groups in total. The number of benzene rings is 1. The van der Waals surface area contributed by atoms with Crippen molar-refractivity contribution in [1.82, 2.24) is 9.29 Å². The molecule has 0 saturated heterocycles. The third-order valence-corrected chi connectivity index (χ3v) is 5.67. The minimum absolute atomic E-state index is 0.132. The number of pyridine rings is 1. The van der Waals surface area contributed by atoms with Crippen molar-refractivity contribution in [3.8, 4) is 0 Å². The van der Waals surface area contributed by atoms with Crippen LogP contribution in [0.5, 0.6) is 0 Å². The third kappa shape index (κ3) is 2.77. The molecule has 0 radical (unpaired) electrons. The van der Waals surface area contributed by atoms with Crippen LogP contribution in [0.4, 0.5) is 0 Å². The first-order chi connectivity index (χ1) is 10.1. The Morgan fingerprint density at radius 2 is 1.57 bits per heavy atom. The molecule has 5 nitrogen and oxygen atoms in total. The van der Waals surface area contributed by atoms with E-state index in [0.717, 1.165) is 0 Å². The van der Waals surface area contributed by atoms with E-state index in [1.54, 1.807) is 0 Å². The lowest BCUT2D eigenvalue weighted by molar-refractivity contribution is 0.426. The molecule has 0 atom stereocenters. The van der Waals surface area contributed by atoms with Crippen LogP contribution in [-0.4, -0.2) is 30.8 Å². The predicted molar refractivity (Wildman–Crippen MR) is 79.7 cm³/mol. The Morgan fingerprint density at radius 1 is 0.952 bits per heavy atom. The van der Waals surface area contributed by atoms with Crippen molar-refractivity contribution >= 4 is 10.0 Å². The van der Waals surface area contributed by atoms with Crippen LogP contribution in [0.15, 0.2) is 52.3 Å². The van der Waals surface area contributed by atoms with Crippen molar-refractivity contribution in [3.63, 3.8) is 0 Å². The lowest BCUT2D eigenvalue weighted by atomic mass is 10.0. The smallest absolute Gasteiger partial charge is 0.247 e. The molecule has 0 aliphatic carbocycles. The van der Waals surface area contributed by atoms with Crippen molar-refractivity contribution in [2.24, 2.45) is 0 Å². The van der Waals surface area contributed by atoms with Crippen molar-refractivity contribution in [2.45, 2.75) is 17.7 Å². The molecule has 3 rings (SSSR count). The Bertz CT molecular complexity index is 764. The summed E-state index contributed by atoms with van der Waals surface area (Å²) in [7, 11) is -3.56. The van der Waals surface area contributed by atoms with Gasteiger partial charge in [-0.15, -0.1) is 0 Å². The molecule has 110 valence electrons. The maximum absolute atomic E-state index is 12.6. The summed E-state index contributed by atoms with van der Waals surface area (Å²) in [6, 6.07) is 10.6. The average molecular weight is 304 g/mol. The summed E-state index contributed by atoms with van der Waals surface area (Å²) in [6.07, 6.45) is 2.67. The van der Waals surface area contributed by atoms with Gasteiger partial charge in [-0.2, -0.15) is 4.31 Å². The predicted octanol–water partition coefficient (Wildman–Crippen LogP) is 1.16. The molecule has 1 aromatic carbocycles. The third-order valence-electron chi connectivity index (χ3n) is 3.77. The van der Waals surface area contributed by atoms with E-state index >= 15 is 0 Å². The SMILES string of the molecule is O=c1ccc(S(=O)(=O)N2CCc3ccccc3CC2)c[nH]1. The second-order valence-corrected chi connectivity index (χ2v) is 7.00. The molecule has 0 fully saturated rings. The summed E-state index contributed by atoms with van der Waals surface area (Å²) in [5.74, 6) is 0. The van der Waals surface area contributed by atoms with E-state index in [1.165, 1.54) is 33.8 Å². The van der Waals surface area contributed by atoms with Gasteiger partial charge in [0.25, 0.3) is 0 Å². The number of rotatable bonds is 2. The van der Waals surface area contributed by atoms with Gasteiger partial charge in [-0.25, -0.2) is 8.42 Å². The fourth-order valence-electron chi connectivity index (χ4n) is 2.59. The molecule has 0 spiro atoms. The zero-order chi connectivity index (χ0) is 14.9. The van der Waals surface area contributed by atoms with Gasteiger partial charge < -0.3 is 4.98 Å². The summed E-state index contributed by atoms with van der Waals surface area (Å²) in [6.45, 7) is 0.914. The van der Waals surface area contributed by atoms with Gasteiger partial charge in [-0.3, -0.25) is 4.79 Å². The first kappa shape index (κ1) is 14.0. The Hall–Kier alpha value is -1.92. The standard InChI is InChI=1S/C15H16N2O3S/c18-15-6-5-14(11-16-15)21(19,20)17-9-7-12-3-1-2-4-13(12)8-10-17/h1-6,11H,7-10H2,(H,16,18). The van der Waals surface area contributed by atoms with Crippen molar-refractivity contribution in [2.75, 3.05) is 13.1 Å². The first-order valence-corrected chi connectivity index (χ1v) is 8.27. The number of fused-ring (bicyclic) bond motifs is 1. The van der Waals surface area contributed by atoms with Crippen LogP contribution in [0.3, 0.4) is 0 Å². The van der Waals surface area contributed by atoms with Crippen LogP contribution in [0.25, 0.3) is 0 Å². The number of nitrogens with one attached hydrogen (secondary N) is 1. The van der Waals surface area contributed by atoms with Crippen LogP contribution < -0.4 is 5.56 Å². The van der Waals surface area contributed by atoms with Gasteiger partial charge in [-0.05, 0) is 30.0 Å². The zero-order valence-electron chi connectivity index (χ0n) is 11.5. The molecule has 6 heteroatoms. The fraction of sp³-hybridized carbons (Fsp3) is 0.267. The lowest BCUT2D eigenvalue weighted by Gasteiger charge is -2.19. The van der Waals surface area contributed by atoms with Gasteiger partial charge in [-0.1, -0.05) is 24.3 Å². The van der Waals surface area contributed by atoms with Gasteiger partial charge in [0.1, 0.15) is 0 Å². The molecule has 2 aromatic rings. The molecule has 0 bridgehead atoms. The molecule has 0 amide bonds. The van der Waals surface area contributed by atoms with E-state index < -0.39 is 10.0 Å². The number of hydrogen-bond acceptors (Lipinski definition) is 3. The highest BCUT2D eigenvalue weighted by atomic mass is 32.2. The highest BCUT2D eigenvalue weighted by molar-refractivity contribution is 7.89. The second kappa shape index (κ2) is 5.46. The van der Waals surface area contributed by atoms with Crippen LogP contribution in [0.2, 0.25) is 0 Å². The van der Waals surface area contributed by atoms with Gasteiger partial charge in [0.05, 0.1) is 4.90 Å². The number of aromatic nitrogens is 1. The Kier molecular flexibility index (Phi) is 3.65. The van der Waals surface area contributed by atoms with Gasteiger partial charge in [0.2, 0.25) is 15.6 Å². The molecular weight excluding hydrogens is 288 g/mol. The van der Waals surface area contributed by atoms with Crippen molar-refractivity contribution < 1.29 is 8.42 Å². The summed E-state index contributed by atoms with van der Waals surface area (Å²) in [4.78, 5) is 13.6. The van der Waals surface area contributed by atoms with E-state index in [2.05, 4.69) is 4.98 Å². The van der Waals surface area contributed by atoms with Crippen molar-refractivity contribution in [3.05, 3.63) is 64.1 Å². The highest BCUT2D eigenvalue weighted by Gasteiger charge is 2.26. The molecule has 1 aliphatic heterocycles. The monoisotopic (exact) mass is 304 g/mol. The minimum atomic E-state index is -3.56. The topological polar surface area (TPSA) is 70.2 Å². The Labute approximate surface area is 123 Å². The summed E-state index contributed by atoms with van der Waals surface area (Å²) < 4.78 is 26.7. The van der Waals surface area contributed by atoms with Crippen LogP contribution in [0.1, 0.15) is 11.1 Å². The fourth-order valence-corrected chi connectivity index (χ4v) is 4.00. The molecule has 21 heavy (non-hydrogen) atoms. The molecule has 1 aromatic heterocycles. The molecule has 0 saturated carbocycles. The Morgan fingerprint density at radius 3 is 2.10 bits per heavy atom. The lowest BCUT2D eigenvalue weighted by Crippen LogP contribution is -2.33. The maximum Gasteiger partial charge on any atom is 0.247 e. The van der Waals surface area contributed by atoms with E-state index in [1.807, 2.05) is 24.3 Å². The molecule has 2 heterocycles. The zero-order valence-corrected chi connectivity index (χ0v) is 12.3. The molecular formula is C15H16N2O3S.